The molecule has 3 nitrogen and oxygen atoms in total. The van der Waals surface area contributed by atoms with Gasteiger partial charge < -0.3 is 14.7 Å². The molecular formula is C25H42O3P2S. The summed E-state index contributed by atoms with van der Waals surface area (Å²) < 4.78 is 5.83. The Balaban J connectivity index is 0.00000212. The van der Waals surface area contributed by atoms with Gasteiger partial charge in [-0.15, -0.1) is 11.4 Å². The molecule has 2 rings (SSSR count). The summed E-state index contributed by atoms with van der Waals surface area (Å²) in [6.07, 6.45) is 4.18. The summed E-state index contributed by atoms with van der Waals surface area (Å²) in [6.45, 7) is 8.34. The highest BCUT2D eigenvalue weighted by atomic mass is 32.7. The Labute approximate surface area is 198 Å². The molecule has 31 heavy (non-hydrogen) atoms. The summed E-state index contributed by atoms with van der Waals surface area (Å²) in [6, 6.07) is 20.9. The maximum absolute atomic E-state index is 9.80. The van der Waals surface area contributed by atoms with Crippen molar-refractivity contribution in [1.82, 2.24) is 0 Å². The molecule has 0 fully saturated rings. The molecule has 2 unspecified atom stereocenters. The van der Waals surface area contributed by atoms with Gasteiger partial charge in [-0.3, -0.25) is 0 Å². The van der Waals surface area contributed by atoms with E-state index in [-0.39, 0.29) is 13.2 Å². The number of aliphatic hydroxyl groups is 2. The van der Waals surface area contributed by atoms with Gasteiger partial charge in [0, 0.05) is 20.0 Å². The van der Waals surface area contributed by atoms with E-state index in [0.717, 1.165) is 38.7 Å². The van der Waals surface area contributed by atoms with Crippen LogP contribution in [0, 0.1) is 5.41 Å². The molecule has 0 aliphatic heterocycles. The van der Waals surface area contributed by atoms with Crippen LogP contribution in [0.3, 0.4) is 0 Å². The standard InChI is InChI=1S/C21H30O3P2S.2C2H6/c22-15-21(16-23,17-24-25-13-11-19-7-3-1-4-8-19)18-27-26-14-12-20-9-5-2-6-10-20;2*1-2/h1-10,22-23,25-26H,11-18H2;2*1-2H3. The fourth-order valence-electron chi connectivity index (χ4n) is 2.51. The Morgan fingerprint density at radius 1 is 0.774 bits per heavy atom. The zero-order valence-electron chi connectivity index (χ0n) is 19.6. The minimum absolute atomic E-state index is 0.0389. The topological polar surface area (TPSA) is 49.7 Å². The first-order valence-electron chi connectivity index (χ1n) is 11.3. The smallest absolute Gasteiger partial charge is 0.0614 e. The molecule has 0 spiro atoms. The number of hydrogen-bond donors (Lipinski definition) is 2. The molecule has 2 N–H and O–H groups in total. The zero-order chi connectivity index (χ0) is 23.2. The highest BCUT2D eigenvalue weighted by molar-refractivity contribution is 8.49. The van der Waals surface area contributed by atoms with Crippen LogP contribution in [0.5, 0.6) is 0 Å². The number of aliphatic hydroxyl groups excluding tert-OH is 2. The van der Waals surface area contributed by atoms with Gasteiger partial charge in [0.2, 0.25) is 0 Å². The van der Waals surface area contributed by atoms with Crippen LogP contribution in [0.2, 0.25) is 0 Å². The van der Waals surface area contributed by atoms with Gasteiger partial charge in [-0.25, -0.2) is 0 Å². The summed E-state index contributed by atoms with van der Waals surface area (Å²) in [4.78, 5) is 0. The van der Waals surface area contributed by atoms with Crippen molar-refractivity contribution in [3.8, 4) is 0 Å². The molecule has 6 heteroatoms. The maximum Gasteiger partial charge on any atom is 0.0614 e. The molecule has 0 radical (unpaired) electrons. The summed E-state index contributed by atoms with van der Waals surface area (Å²) in [5.74, 6) is 0.733. The van der Waals surface area contributed by atoms with Crippen LogP contribution in [0.25, 0.3) is 0 Å². The molecule has 176 valence electrons. The molecule has 0 aromatic heterocycles. The predicted octanol–water partition coefficient (Wildman–Crippen LogP) is 6.43. The molecule has 2 atom stereocenters. The number of hydrogen-bond acceptors (Lipinski definition) is 4. The van der Waals surface area contributed by atoms with E-state index in [1.54, 1.807) is 0 Å². The fraction of sp³-hybridized carbons (Fsp3) is 0.520. The Hall–Kier alpha value is -0.470. The summed E-state index contributed by atoms with van der Waals surface area (Å²) in [5.41, 5.74) is 2.15. The molecule has 0 amide bonds. The molecule has 0 aliphatic carbocycles. The summed E-state index contributed by atoms with van der Waals surface area (Å²) in [5, 5.41) is 19.6. The van der Waals surface area contributed by atoms with E-state index >= 15 is 0 Å². The second kappa shape index (κ2) is 21.4. The Morgan fingerprint density at radius 2 is 1.26 bits per heavy atom. The van der Waals surface area contributed by atoms with Crippen molar-refractivity contribution in [2.45, 2.75) is 40.5 Å². The van der Waals surface area contributed by atoms with E-state index in [9.17, 15) is 10.2 Å². The molecular weight excluding hydrogens is 442 g/mol. The highest BCUT2D eigenvalue weighted by Gasteiger charge is 2.29. The second-order valence-corrected chi connectivity index (χ2v) is 10.8. The van der Waals surface area contributed by atoms with Crippen molar-refractivity contribution >= 4 is 28.0 Å². The van der Waals surface area contributed by atoms with Crippen LogP contribution in [-0.4, -0.2) is 48.1 Å². The minimum Gasteiger partial charge on any atom is -0.396 e. The van der Waals surface area contributed by atoms with Crippen LogP contribution >= 0.6 is 28.0 Å². The van der Waals surface area contributed by atoms with Gasteiger partial charge in [-0.2, -0.15) is 0 Å². The average Bonchev–Trinajstić information content (AvgIpc) is 2.86. The lowest BCUT2D eigenvalue weighted by molar-refractivity contribution is 0.0376. The monoisotopic (exact) mass is 484 g/mol. The van der Waals surface area contributed by atoms with E-state index in [1.165, 1.54) is 11.1 Å². The highest BCUT2D eigenvalue weighted by Crippen LogP contribution is 2.36. The largest absolute Gasteiger partial charge is 0.396 e. The van der Waals surface area contributed by atoms with Crippen molar-refractivity contribution < 1.29 is 14.7 Å². The van der Waals surface area contributed by atoms with E-state index in [1.807, 2.05) is 51.2 Å². The third-order valence-electron chi connectivity index (χ3n) is 4.35. The predicted molar refractivity (Wildman–Crippen MR) is 144 cm³/mol. The molecule has 0 saturated heterocycles. The zero-order valence-corrected chi connectivity index (χ0v) is 22.5. The summed E-state index contributed by atoms with van der Waals surface area (Å²) >= 11 is 1.82. The molecule has 2 aromatic rings. The van der Waals surface area contributed by atoms with Gasteiger partial charge in [0.1, 0.15) is 0 Å². The van der Waals surface area contributed by atoms with Crippen LogP contribution in [0.1, 0.15) is 38.8 Å². The second-order valence-electron chi connectivity index (χ2n) is 6.65. The third kappa shape index (κ3) is 14.3. The van der Waals surface area contributed by atoms with Crippen LogP contribution in [-0.2, 0) is 17.4 Å². The van der Waals surface area contributed by atoms with Gasteiger partial charge in [-0.05, 0) is 36.3 Å². The van der Waals surface area contributed by atoms with Crippen LogP contribution < -0.4 is 0 Å². The van der Waals surface area contributed by atoms with Gasteiger partial charge in [0.05, 0.1) is 19.8 Å². The fourth-order valence-corrected chi connectivity index (χ4v) is 6.62. The van der Waals surface area contributed by atoms with E-state index in [4.69, 9.17) is 4.52 Å². The van der Waals surface area contributed by atoms with Crippen molar-refractivity contribution in [1.29, 1.82) is 0 Å². The minimum atomic E-state index is -0.538. The normalized spacial score (nSPS) is 11.3. The van der Waals surface area contributed by atoms with Crippen molar-refractivity contribution in [3.63, 3.8) is 0 Å². The van der Waals surface area contributed by atoms with Crippen molar-refractivity contribution in [2.24, 2.45) is 5.41 Å². The quantitative estimate of drug-likeness (QED) is 0.240. The molecule has 0 heterocycles. The average molecular weight is 485 g/mol. The lowest BCUT2D eigenvalue weighted by atomic mass is 9.94. The van der Waals surface area contributed by atoms with Gasteiger partial charge in [-0.1, -0.05) is 96.1 Å². The van der Waals surface area contributed by atoms with Crippen molar-refractivity contribution in [2.75, 3.05) is 37.9 Å². The molecule has 0 saturated carbocycles. The van der Waals surface area contributed by atoms with Gasteiger partial charge in [0.25, 0.3) is 0 Å². The SMILES string of the molecule is CC.CC.OCC(CO)(COPCCc1ccccc1)CSPCCc1ccccc1. The Morgan fingerprint density at radius 3 is 1.74 bits per heavy atom. The van der Waals surface area contributed by atoms with E-state index in [0.29, 0.717) is 15.4 Å². The van der Waals surface area contributed by atoms with E-state index in [2.05, 4.69) is 48.5 Å². The van der Waals surface area contributed by atoms with Crippen LogP contribution in [0.4, 0.5) is 0 Å². The number of aryl methyl sites for hydroxylation is 2. The lowest BCUT2D eigenvalue weighted by Crippen LogP contribution is -2.36. The number of rotatable bonds is 14. The Bertz CT molecular complexity index is 559. The third-order valence-corrected chi connectivity index (χ3v) is 8.22. The summed E-state index contributed by atoms with van der Waals surface area (Å²) in [7, 11) is 1.16. The number of benzene rings is 2. The first kappa shape index (κ1) is 30.5. The first-order valence-corrected chi connectivity index (χ1v) is 15.3. The molecule has 0 bridgehead atoms. The molecule has 2 aromatic carbocycles. The van der Waals surface area contributed by atoms with Gasteiger partial charge >= 0.3 is 0 Å². The lowest BCUT2D eigenvalue weighted by Gasteiger charge is -2.29. The maximum atomic E-state index is 9.80. The first-order chi connectivity index (χ1) is 15.3. The van der Waals surface area contributed by atoms with E-state index < -0.39 is 5.41 Å². The Kier molecular flexibility index (Phi) is 21.1. The molecule has 0 aliphatic rings. The van der Waals surface area contributed by atoms with Crippen LogP contribution in [0.15, 0.2) is 60.7 Å². The van der Waals surface area contributed by atoms with Crippen molar-refractivity contribution in [3.05, 3.63) is 71.8 Å². The van der Waals surface area contributed by atoms with Gasteiger partial charge in [0.15, 0.2) is 0 Å².